The van der Waals surface area contributed by atoms with Crippen molar-refractivity contribution < 1.29 is 4.57 Å². The summed E-state index contributed by atoms with van der Waals surface area (Å²) < 4.78 is 12.7. The third-order valence-electron chi connectivity index (χ3n) is 2.51. The average molecular weight is 225 g/mol. The number of anilines is 1. The van der Waals surface area contributed by atoms with Crippen LogP contribution >= 0.6 is 7.14 Å². The molecule has 0 aliphatic heterocycles. The molecule has 1 rings (SSSR count). The van der Waals surface area contributed by atoms with Gasteiger partial charge in [-0.1, -0.05) is 26.0 Å². The van der Waals surface area contributed by atoms with E-state index in [1.807, 2.05) is 24.3 Å². The van der Waals surface area contributed by atoms with Gasteiger partial charge < -0.3 is 10.3 Å². The molecule has 2 N–H and O–H groups in total. The maximum absolute atomic E-state index is 12.7. The zero-order valence-electron chi connectivity index (χ0n) is 9.57. The van der Waals surface area contributed by atoms with Gasteiger partial charge in [0.05, 0.1) is 0 Å². The zero-order valence-corrected chi connectivity index (χ0v) is 10.5. The predicted molar refractivity (Wildman–Crippen MR) is 68.4 cm³/mol. The molecule has 0 aliphatic carbocycles. The lowest BCUT2D eigenvalue weighted by Crippen LogP contribution is -2.11. The number of hydrogen-bond donors (Lipinski definition) is 1. The second-order valence-electron chi connectivity index (χ2n) is 3.93. The minimum Gasteiger partial charge on any atom is -0.399 e. The molecule has 0 aliphatic rings. The highest BCUT2D eigenvalue weighted by Gasteiger charge is 2.22. The Labute approximate surface area is 92.3 Å². The Bertz CT molecular complexity index is 352. The first-order valence-corrected chi connectivity index (χ1v) is 7.64. The molecule has 0 spiro atoms. The van der Waals surface area contributed by atoms with Gasteiger partial charge in [0.1, 0.15) is 7.14 Å². The lowest BCUT2D eigenvalue weighted by atomic mass is 10.3. The van der Waals surface area contributed by atoms with Gasteiger partial charge in [-0.25, -0.2) is 0 Å². The Morgan fingerprint density at radius 1 is 1.20 bits per heavy atom. The molecule has 84 valence electrons. The number of nitrogen functional groups attached to an aromatic ring is 1. The van der Waals surface area contributed by atoms with Crippen molar-refractivity contribution in [3.63, 3.8) is 0 Å². The highest BCUT2D eigenvalue weighted by molar-refractivity contribution is 7.71. The van der Waals surface area contributed by atoms with Crippen molar-refractivity contribution in [2.45, 2.75) is 26.7 Å². The monoisotopic (exact) mass is 225 g/mol. The van der Waals surface area contributed by atoms with Gasteiger partial charge in [-0.15, -0.1) is 0 Å². The fourth-order valence-corrected chi connectivity index (χ4v) is 4.80. The molecule has 2 nitrogen and oxygen atoms in total. The second kappa shape index (κ2) is 5.37. The van der Waals surface area contributed by atoms with Crippen molar-refractivity contribution in [1.82, 2.24) is 0 Å². The van der Waals surface area contributed by atoms with Crippen LogP contribution in [0.25, 0.3) is 0 Å². The Morgan fingerprint density at radius 2 is 1.80 bits per heavy atom. The van der Waals surface area contributed by atoms with Gasteiger partial charge in [0.15, 0.2) is 0 Å². The smallest absolute Gasteiger partial charge is 0.115 e. The summed E-state index contributed by atoms with van der Waals surface area (Å²) in [5, 5.41) is 0.950. The van der Waals surface area contributed by atoms with Crippen LogP contribution in [0.15, 0.2) is 24.3 Å². The number of benzene rings is 1. The van der Waals surface area contributed by atoms with E-state index in [0.29, 0.717) is 5.69 Å². The third-order valence-corrected chi connectivity index (χ3v) is 6.07. The van der Waals surface area contributed by atoms with Gasteiger partial charge in [0.25, 0.3) is 0 Å². The molecule has 0 bridgehead atoms. The van der Waals surface area contributed by atoms with Crippen LogP contribution in [-0.4, -0.2) is 12.3 Å². The van der Waals surface area contributed by atoms with Crippen molar-refractivity contribution in [2.75, 3.05) is 18.1 Å². The van der Waals surface area contributed by atoms with Crippen LogP contribution in [-0.2, 0) is 4.57 Å². The van der Waals surface area contributed by atoms with Crippen molar-refractivity contribution in [2.24, 2.45) is 0 Å². The molecule has 0 saturated heterocycles. The van der Waals surface area contributed by atoms with Gasteiger partial charge in [0.2, 0.25) is 0 Å². The molecule has 0 saturated carbocycles. The summed E-state index contributed by atoms with van der Waals surface area (Å²) in [7, 11) is -2.18. The summed E-state index contributed by atoms with van der Waals surface area (Å²) in [5.74, 6) is 0. The zero-order chi connectivity index (χ0) is 11.3. The van der Waals surface area contributed by atoms with E-state index in [1.165, 1.54) is 0 Å². The SMILES string of the molecule is CCCP(=O)(CCC)c1cccc(N)c1. The predicted octanol–water partition coefficient (Wildman–Crippen LogP) is 3.08. The second-order valence-corrected chi connectivity index (χ2v) is 7.12. The highest BCUT2D eigenvalue weighted by Crippen LogP contribution is 2.45. The molecule has 0 radical (unpaired) electrons. The number of hydrogen-bond acceptors (Lipinski definition) is 2. The van der Waals surface area contributed by atoms with Crippen molar-refractivity contribution >= 4 is 18.1 Å². The Hall–Kier alpha value is -0.750. The number of nitrogens with two attached hydrogens (primary N) is 1. The first kappa shape index (κ1) is 12.3. The first-order chi connectivity index (χ1) is 7.12. The quantitative estimate of drug-likeness (QED) is 0.618. The van der Waals surface area contributed by atoms with E-state index in [4.69, 9.17) is 5.73 Å². The maximum atomic E-state index is 12.7. The topological polar surface area (TPSA) is 43.1 Å². The summed E-state index contributed by atoms with van der Waals surface area (Å²) in [6.45, 7) is 4.16. The molecule has 0 heterocycles. The van der Waals surface area contributed by atoms with Crippen LogP contribution < -0.4 is 11.0 Å². The van der Waals surface area contributed by atoms with E-state index in [2.05, 4.69) is 13.8 Å². The lowest BCUT2D eigenvalue weighted by Gasteiger charge is -2.17. The molecule has 15 heavy (non-hydrogen) atoms. The molecule has 0 atom stereocenters. The Morgan fingerprint density at radius 3 is 2.27 bits per heavy atom. The van der Waals surface area contributed by atoms with E-state index in [9.17, 15) is 4.57 Å². The van der Waals surface area contributed by atoms with Crippen molar-refractivity contribution in [3.05, 3.63) is 24.3 Å². The summed E-state index contributed by atoms with van der Waals surface area (Å²) in [5.41, 5.74) is 6.43. The van der Waals surface area contributed by atoms with Gasteiger partial charge in [-0.05, 0) is 25.0 Å². The molecule has 0 amide bonds. The molecule has 1 aromatic carbocycles. The standard InChI is InChI=1S/C12H20NOP/c1-3-8-15(14,9-4-2)12-7-5-6-11(13)10-12/h5-7,10H,3-4,8-9,13H2,1-2H3. The molecule has 0 aromatic heterocycles. The van der Waals surface area contributed by atoms with E-state index in [0.717, 1.165) is 30.5 Å². The van der Waals surface area contributed by atoms with Gasteiger partial charge in [-0.3, -0.25) is 0 Å². The van der Waals surface area contributed by atoms with Crippen LogP contribution in [0, 0.1) is 0 Å². The fourth-order valence-electron chi connectivity index (χ4n) is 1.87. The molecule has 1 aromatic rings. The summed E-state index contributed by atoms with van der Waals surface area (Å²) in [6.07, 6.45) is 3.52. The van der Waals surface area contributed by atoms with Crippen LogP contribution in [0.5, 0.6) is 0 Å². The summed E-state index contributed by atoms with van der Waals surface area (Å²) >= 11 is 0. The van der Waals surface area contributed by atoms with Gasteiger partial charge in [0, 0.05) is 23.3 Å². The van der Waals surface area contributed by atoms with E-state index >= 15 is 0 Å². The van der Waals surface area contributed by atoms with Crippen molar-refractivity contribution in [1.29, 1.82) is 0 Å². The minimum absolute atomic E-state index is 0.708. The molecular formula is C12H20NOP. The van der Waals surface area contributed by atoms with Gasteiger partial charge in [-0.2, -0.15) is 0 Å². The molecule has 0 fully saturated rings. The van der Waals surface area contributed by atoms with Crippen LogP contribution in [0.1, 0.15) is 26.7 Å². The summed E-state index contributed by atoms with van der Waals surface area (Å²) in [6, 6.07) is 7.54. The van der Waals surface area contributed by atoms with E-state index in [-0.39, 0.29) is 0 Å². The largest absolute Gasteiger partial charge is 0.399 e. The fraction of sp³-hybridized carbons (Fsp3) is 0.500. The molecular weight excluding hydrogens is 205 g/mol. The first-order valence-electron chi connectivity index (χ1n) is 5.56. The van der Waals surface area contributed by atoms with E-state index in [1.54, 1.807) is 0 Å². The minimum atomic E-state index is -2.18. The average Bonchev–Trinajstić information content (AvgIpc) is 2.18. The Kier molecular flexibility index (Phi) is 4.41. The lowest BCUT2D eigenvalue weighted by molar-refractivity contribution is 0.579. The Balaban J connectivity index is 3.03. The van der Waals surface area contributed by atoms with E-state index < -0.39 is 7.14 Å². The van der Waals surface area contributed by atoms with Crippen LogP contribution in [0.4, 0.5) is 5.69 Å². The van der Waals surface area contributed by atoms with Crippen LogP contribution in [0.2, 0.25) is 0 Å². The van der Waals surface area contributed by atoms with Crippen LogP contribution in [0.3, 0.4) is 0 Å². The molecule has 0 unspecified atom stereocenters. The highest BCUT2D eigenvalue weighted by atomic mass is 31.2. The number of rotatable bonds is 5. The van der Waals surface area contributed by atoms with Crippen molar-refractivity contribution in [3.8, 4) is 0 Å². The molecule has 3 heteroatoms. The summed E-state index contributed by atoms with van der Waals surface area (Å²) in [4.78, 5) is 0. The third kappa shape index (κ3) is 3.10. The maximum Gasteiger partial charge on any atom is 0.115 e. The normalized spacial score (nSPS) is 11.6. The van der Waals surface area contributed by atoms with Gasteiger partial charge >= 0.3 is 0 Å².